The molecule has 1 aromatic rings. The van der Waals surface area contributed by atoms with Gasteiger partial charge in [-0.2, -0.15) is 5.09 Å². The number of allylic oxidation sites excluding steroid dienone is 1. The van der Waals surface area contributed by atoms with E-state index < -0.39 is 56.2 Å². The lowest BCUT2D eigenvalue weighted by Gasteiger charge is -2.28. The van der Waals surface area contributed by atoms with Gasteiger partial charge in [0.15, 0.2) is 11.9 Å². The maximum Gasteiger partial charge on any atom is 0.459 e. The molecule has 1 aromatic carbocycles. The number of amides is 1. The molecule has 2 fully saturated rings. The van der Waals surface area contributed by atoms with Crippen LogP contribution in [0.15, 0.2) is 42.6 Å². The lowest BCUT2D eigenvalue weighted by atomic mass is 10.1. The summed E-state index contributed by atoms with van der Waals surface area (Å²) in [5.74, 6) is -2.25. The number of carbonyl (C=O) groups excluding carboxylic acids is 4. The van der Waals surface area contributed by atoms with Crippen molar-refractivity contribution in [1.29, 1.82) is 0 Å². The number of nitrogens with one attached hydrogen (secondary N) is 1. The molecule has 3 aliphatic rings. The molecule has 1 amide bonds. The first-order valence-corrected chi connectivity index (χ1v) is 12.5. The summed E-state index contributed by atoms with van der Waals surface area (Å²) >= 11 is 0. The molecule has 0 radical (unpaired) electrons. The van der Waals surface area contributed by atoms with E-state index in [0.29, 0.717) is 0 Å². The van der Waals surface area contributed by atoms with Crippen LogP contribution >= 0.6 is 7.75 Å². The van der Waals surface area contributed by atoms with Crippen molar-refractivity contribution in [3.05, 3.63) is 42.6 Å². The Morgan fingerprint density at radius 3 is 2.49 bits per heavy atom. The van der Waals surface area contributed by atoms with Crippen LogP contribution in [0.25, 0.3) is 0 Å². The predicted octanol–water partition coefficient (Wildman–Crippen LogP) is 1.46. The van der Waals surface area contributed by atoms with Gasteiger partial charge in [0.25, 0.3) is 0 Å². The van der Waals surface area contributed by atoms with Crippen molar-refractivity contribution >= 4 is 31.4 Å². The van der Waals surface area contributed by atoms with Crippen LogP contribution < -0.4 is 9.61 Å². The average molecular weight is 508 g/mol. The van der Waals surface area contributed by atoms with Gasteiger partial charge in [-0.15, -0.1) is 0 Å². The van der Waals surface area contributed by atoms with Gasteiger partial charge in [0.2, 0.25) is 5.91 Å². The maximum absolute atomic E-state index is 13.6. The van der Waals surface area contributed by atoms with Crippen LogP contribution in [0.5, 0.6) is 5.75 Å². The molecule has 0 bridgehead atoms. The van der Waals surface area contributed by atoms with Crippen molar-refractivity contribution in [1.82, 2.24) is 9.99 Å². The smallest absolute Gasteiger partial charge is 0.457 e. The van der Waals surface area contributed by atoms with Crippen molar-refractivity contribution in [2.75, 3.05) is 6.61 Å². The summed E-state index contributed by atoms with van der Waals surface area (Å²) in [6.07, 6.45) is -1.66. The molecule has 0 unspecified atom stereocenters. The molecule has 188 valence electrons. The Hall–Kier alpha value is -3.05. The van der Waals surface area contributed by atoms with E-state index in [-0.39, 0.29) is 31.0 Å². The summed E-state index contributed by atoms with van der Waals surface area (Å²) in [6.45, 7) is 2.38. The van der Waals surface area contributed by atoms with Crippen LogP contribution in [0.3, 0.4) is 0 Å². The van der Waals surface area contributed by atoms with E-state index in [2.05, 4.69) is 5.09 Å². The summed E-state index contributed by atoms with van der Waals surface area (Å²) in [5, 5.41) is 2.53. The van der Waals surface area contributed by atoms with E-state index in [4.69, 9.17) is 23.3 Å². The minimum atomic E-state index is -4.15. The molecule has 0 aromatic heterocycles. The van der Waals surface area contributed by atoms with Crippen LogP contribution in [0.2, 0.25) is 0 Å². The molecule has 4 rings (SSSR count). The van der Waals surface area contributed by atoms with Gasteiger partial charge in [-0.3, -0.25) is 23.8 Å². The van der Waals surface area contributed by atoms with E-state index in [1.54, 1.807) is 30.3 Å². The number of hydrogen-bond acceptors (Lipinski definition) is 10. The first-order valence-electron chi connectivity index (χ1n) is 11.0. The second-order valence-corrected chi connectivity index (χ2v) is 9.92. The Morgan fingerprint density at radius 1 is 1.03 bits per heavy atom. The highest BCUT2D eigenvalue weighted by Gasteiger charge is 2.45. The average Bonchev–Trinajstić information content (AvgIpc) is 3.19. The summed E-state index contributed by atoms with van der Waals surface area (Å²) in [6, 6.07) is 7.06. The lowest BCUT2D eigenvalue weighted by Crippen LogP contribution is -2.42. The van der Waals surface area contributed by atoms with Crippen LogP contribution in [-0.2, 0) is 42.5 Å². The number of fused-ring (bicyclic) bond motifs is 1. The largest absolute Gasteiger partial charge is 0.459 e. The van der Waals surface area contributed by atoms with Crippen molar-refractivity contribution in [3.63, 3.8) is 0 Å². The number of esters is 2. The Bertz CT molecular complexity index is 1080. The first-order chi connectivity index (χ1) is 16.6. The Morgan fingerprint density at radius 2 is 1.77 bits per heavy atom. The van der Waals surface area contributed by atoms with E-state index in [9.17, 15) is 23.7 Å². The fourth-order valence-electron chi connectivity index (χ4n) is 3.69. The summed E-state index contributed by atoms with van der Waals surface area (Å²) in [5.41, 5.74) is 0. The van der Waals surface area contributed by atoms with E-state index >= 15 is 0 Å². The van der Waals surface area contributed by atoms with Crippen LogP contribution in [-0.4, -0.2) is 65.7 Å². The number of rotatable bonds is 3. The molecule has 3 heterocycles. The third kappa shape index (κ3) is 5.96. The van der Waals surface area contributed by atoms with Crippen LogP contribution in [0.1, 0.15) is 26.7 Å². The number of nitrogens with zero attached hydrogens (tertiary/aromatic N) is 1. The van der Waals surface area contributed by atoms with Gasteiger partial charge in [0, 0.05) is 12.6 Å². The van der Waals surface area contributed by atoms with Crippen molar-refractivity contribution in [3.8, 4) is 5.75 Å². The topological polar surface area (TPSA) is 147 Å². The second-order valence-electron chi connectivity index (χ2n) is 8.23. The Labute approximate surface area is 201 Å². The van der Waals surface area contributed by atoms with Crippen molar-refractivity contribution in [2.24, 2.45) is 0 Å². The summed E-state index contributed by atoms with van der Waals surface area (Å²) < 4.78 is 41.3. The molecule has 0 aliphatic carbocycles. The molecule has 1 N–H and O–H groups in total. The monoisotopic (exact) mass is 508 g/mol. The van der Waals surface area contributed by atoms with Gasteiger partial charge < -0.3 is 18.7 Å². The highest BCUT2D eigenvalue weighted by Crippen LogP contribution is 2.46. The molecule has 35 heavy (non-hydrogen) atoms. The van der Waals surface area contributed by atoms with Gasteiger partial charge in [-0.1, -0.05) is 18.2 Å². The molecule has 6 atom stereocenters. The number of ketones is 1. The quantitative estimate of drug-likeness (QED) is 0.359. The Balaban J connectivity index is 1.58. The molecule has 3 aliphatic heterocycles. The molecular formula is C22H25N2O10P. The third-order valence-electron chi connectivity index (χ3n) is 5.50. The highest BCUT2D eigenvalue weighted by atomic mass is 31.2. The van der Waals surface area contributed by atoms with Gasteiger partial charge in [-0.05, 0) is 32.1 Å². The minimum Gasteiger partial charge on any atom is -0.457 e. The number of cyclic esters (lactones) is 1. The third-order valence-corrected chi connectivity index (χ3v) is 7.14. The highest BCUT2D eigenvalue weighted by molar-refractivity contribution is 7.52. The molecule has 0 saturated carbocycles. The number of para-hydroxylation sites is 1. The number of benzene rings is 1. The molecular weight excluding hydrogens is 483 g/mol. The van der Waals surface area contributed by atoms with Gasteiger partial charge >= 0.3 is 19.7 Å². The Kier molecular flexibility index (Phi) is 7.36. The van der Waals surface area contributed by atoms with Gasteiger partial charge in [-0.25, -0.2) is 9.36 Å². The maximum atomic E-state index is 13.6. The minimum absolute atomic E-state index is 0.0539. The standard InChI is InChI=1S/C22H25N2O10P/c1-13-21(27)31-14(2)22(28)33-17-11-20(24-9-8-15(25)10-19(24)26)32-18(17)12-30-35(29,23-13)34-16-6-4-3-5-7-16/h3-9,13-14,17-18,20H,10-12H2,1-2H3,(H,23,29)/t13-,14-,17-,18+,20+,35-/m0/s1. The van der Waals surface area contributed by atoms with Crippen molar-refractivity contribution in [2.45, 2.75) is 57.3 Å². The van der Waals surface area contributed by atoms with Gasteiger partial charge in [0.05, 0.1) is 13.0 Å². The van der Waals surface area contributed by atoms with Crippen LogP contribution in [0, 0.1) is 0 Å². The molecule has 12 nitrogen and oxygen atoms in total. The molecule has 2 saturated heterocycles. The van der Waals surface area contributed by atoms with Gasteiger partial charge in [0.1, 0.15) is 30.2 Å². The molecule has 0 spiro atoms. The lowest BCUT2D eigenvalue weighted by molar-refractivity contribution is -0.173. The number of hydrogen-bond donors (Lipinski definition) is 1. The zero-order valence-corrected chi connectivity index (χ0v) is 19.9. The van der Waals surface area contributed by atoms with E-state index in [0.717, 1.165) is 0 Å². The zero-order chi connectivity index (χ0) is 25.2. The number of carbonyl (C=O) groups is 4. The van der Waals surface area contributed by atoms with E-state index in [1.165, 1.54) is 31.0 Å². The first kappa shape index (κ1) is 25.1. The zero-order valence-electron chi connectivity index (χ0n) is 19.0. The second kappa shape index (κ2) is 10.3. The van der Waals surface area contributed by atoms with Crippen molar-refractivity contribution < 1.29 is 47.0 Å². The fraction of sp³-hybridized carbons (Fsp3) is 0.455. The normalized spacial score (nSPS) is 34.3. The summed E-state index contributed by atoms with van der Waals surface area (Å²) in [4.78, 5) is 50.1. The van der Waals surface area contributed by atoms with E-state index in [1.807, 2.05) is 0 Å². The van der Waals surface area contributed by atoms with Crippen LogP contribution in [0.4, 0.5) is 0 Å². The number of ether oxygens (including phenoxy) is 3. The fourth-order valence-corrected chi connectivity index (χ4v) is 5.19. The summed E-state index contributed by atoms with van der Waals surface area (Å²) in [7, 11) is -4.15. The predicted molar refractivity (Wildman–Crippen MR) is 118 cm³/mol. The molecule has 13 heteroatoms. The SMILES string of the molecule is C[C@@H]1N[P@@](=O)(Oc2ccccc2)OC[C@H]2O[C@@H](N3C=CC(=O)CC3=O)C[C@@H]2OC(=O)[C@H](C)OC1=O.